The van der Waals surface area contributed by atoms with Crippen molar-refractivity contribution in [1.29, 1.82) is 0 Å². The highest BCUT2D eigenvalue weighted by molar-refractivity contribution is 5.12. The molecule has 0 aromatic carbocycles. The molecule has 5 nitrogen and oxygen atoms in total. The summed E-state index contributed by atoms with van der Waals surface area (Å²) in [5.41, 5.74) is 0. The molecule has 0 aliphatic heterocycles. The van der Waals surface area contributed by atoms with Crippen molar-refractivity contribution in [1.82, 2.24) is 0 Å². The lowest BCUT2D eigenvalue weighted by molar-refractivity contribution is -0.116. The summed E-state index contributed by atoms with van der Waals surface area (Å²) in [4.78, 5) is 0. The van der Waals surface area contributed by atoms with Gasteiger partial charge in [-0.05, 0) is 0 Å². The van der Waals surface area contributed by atoms with Gasteiger partial charge < -0.3 is 25.5 Å². The molecule has 2 rings (SSSR count). The molecule has 2 saturated carbocycles. The molecule has 2 aliphatic rings. The molecule has 0 aromatic rings. The van der Waals surface area contributed by atoms with Gasteiger partial charge in [0.25, 0.3) is 0 Å². The largest absolute Gasteiger partial charge is 0.392 e. The average molecular weight is 176 g/mol. The van der Waals surface area contributed by atoms with Gasteiger partial charge >= 0.3 is 0 Å². The zero-order valence-corrected chi connectivity index (χ0v) is 6.28. The highest BCUT2D eigenvalue weighted by Crippen LogP contribution is 2.45. The highest BCUT2D eigenvalue weighted by Gasteiger charge is 2.62. The van der Waals surface area contributed by atoms with Crippen molar-refractivity contribution in [3.05, 3.63) is 0 Å². The van der Waals surface area contributed by atoms with Gasteiger partial charge in [-0.25, -0.2) is 0 Å². The number of aliphatic hydroxyl groups excluding tert-OH is 5. The summed E-state index contributed by atoms with van der Waals surface area (Å²) in [5.74, 6) is -1.61. The van der Waals surface area contributed by atoms with Crippen molar-refractivity contribution in [2.45, 2.75) is 30.5 Å². The molecule has 0 radical (unpaired) electrons. The van der Waals surface area contributed by atoms with Crippen LogP contribution in [0, 0.1) is 11.8 Å². The van der Waals surface area contributed by atoms with Crippen LogP contribution in [0.15, 0.2) is 0 Å². The van der Waals surface area contributed by atoms with E-state index in [1.165, 1.54) is 0 Å². The molecule has 0 spiro atoms. The van der Waals surface area contributed by atoms with Crippen molar-refractivity contribution in [2.24, 2.45) is 11.8 Å². The normalized spacial score (nSPS) is 64.2. The SMILES string of the molecule is OC1C2[C@@H](O)[C@@H](O)C1[C@H](O)[C@@H]2O. The van der Waals surface area contributed by atoms with E-state index in [1.807, 2.05) is 0 Å². The first kappa shape index (κ1) is 8.40. The lowest BCUT2D eigenvalue weighted by Gasteiger charge is -2.29. The Balaban J connectivity index is 2.29. The molecular weight excluding hydrogens is 164 g/mol. The van der Waals surface area contributed by atoms with Crippen LogP contribution in [0.2, 0.25) is 0 Å². The summed E-state index contributed by atoms with van der Waals surface area (Å²) in [6.07, 6.45) is -5.49. The van der Waals surface area contributed by atoms with Crippen LogP contribution in [0.4, 0.5) is 0 Å². The fourth-order valence-electron chi connectivity index (χ4n) is 2.38. The Morgan fingerprint density at radius 1 is 0.417 bits per heavy atom. The molecule has 2 aliphatic carbocycles. The average Bonchev–Trinajstić information content (AvgIpc) is 2.33. The lowest BCUT2D eigenvalue weighted by atomic mass is 9.90. The molecule has 2 fully saturated rings. The van der Waals surface area contributed by atoms with Crippen LogP contribution in [0.5, 0.6) is 0 Å². The highest BCUT2D eigenvalue weighted by atomic mass is 16.4. The predicted octanol–water partition coefficient (Wildman–Crippen LogP) is -2.95. The Kier molecular flexibility index (Phi) is 1.68. The van der Waals surface area contributed by atoms with Crippen LogP contribution < -0.4 is 0 Å². The zero-order chi connectivity index (χ0) is 9.04. The number of fused-ring (bicyclic) bond motifs is 2. The minimum absolute atomic E-state index is 0.806. The van der Waals surface area contributed by atoms with Gasteiger partial charge in [0.2, 0.25) is 0 Å². The van der Waals surface area contributed by atoms with Crippen LogP contribution in [0.1, 0.15) is 0 Å². The lowest BCUT2D eigenvalue weighted by Crippen LogP contribution is -2.47. The number of aliphatic hydroxyl groups is 5. The van der Waals surface area contributed by atoms with Gasteiger partial charge in [0.15, 0.2) is 0 Å². The standard InChI is InChI=1S/C7H12O5/c8-3-1-4(9)6(11)2(3)7(12)5(1)10/h1-12H/t1?,2?,3?,4-,5-,6+,7+. The second-order valence-electron chi connectivity index (χ2n) is 3.61. The predicted molar refractivity (Wildman–Crippen MR) is 37.0 cm³/mol. The van der Waals surface area contributed by atoms with Crippen LogP contribution in [0.25, 0.3) is 0 Å². The van der Waals surface area contributed by atoms with E-state index in [2.05, 4.69) is 0 Å². The van der Waals surface area contributed by atoms with E-state index in [0.29, 0.717) is 0 Å². The van der Waals surface area contributed by atoms with E-state index in [-0.39, 0.29) is 0 Å². The third-order valence-corrected chi connectivity index (χ3v) is 3.07. The summed E-state index contributed by atoms with van der Waals surface area (Å²) in [7, 11) is 0. The van der Waals surface area contributed by atoms with Crippen LogP contribution in [0.3, 0.4) is 0 Å². The Morgan fingerprint density at radius 3 is 0.833 bits per heavy atom. The van der Waals surface area contributed by atoms with Crippen molar-refractivity contribution >= 4 is 0 Å². The maximum absolute atomic E-state index is 9.37. The third kappa shape index (κ3) is 0.750. The van der Waals surface area contributed by atoms with Gasteiger partial charge in [0, 0.05) is 11.8 Å². The first-order valence-corrected chi connectivity index (χ1v) is 3.96. The Bertz CT molecular complexity index is 160. The number of rotatable bonds is 0. The van der Waals surface area contributed by atoms with E-state index in [1.54, 1.807) is 0 Å². The molecule has 0 amide bonds. The fraction of sp³-hybridized carbons (Fsp3) is 1.00. The maximum atomic E-state index is 9.37. The van der Waals surface area contributed by atoms with Crippen LogP contribution in [-0.4, -0.2) is 56.1 Å². The molecule has 5 atom stereocenters. The minimum Gasteiger partial charge on any atom is -0.392 e. The fourth-order valence-corrected chi connectivity index (χ4v) is 2.38. The Morgan fingerprint density at radius 2 is 0.667 bits per heavy atom. The minimum atomic E-state index is -1.12. The first-order valence-electron chi connectivity index (χ1n) is 3.96. The van der Waals surface area contributed by atoms with E-state index < -0.39 is 42.4 Å². The monoisotopic (exact) mass is 176 g/mol. The summed E-state index contributed by atoms with van der Waals surface area (Å²) in [6, 6.07) is 0. The molecule has 2 bridgehead atoms. The van der Waals surface area contributed by atoms with Gasteiger partial charge in [-0.15, -0.1) is 0 Å². The quantitative estimate of drug-likeness (QED) is 0.272. The number of hydrogen-bond donors (Lipinski definition) is 5. The smallest absolute Gasteiger partial charge is 0.0882 e. The zero-order valence-electron chi connectivity index (χ0n) is 6.28. The third-order valence-electron chi connectivity index (χ3n) is 3.07. The first-order chi connectivity index (χ1) is 5.55. The van der Waals surface area contributed by atoms with Gasteiger partial charge in [0.05, 0.1) is 30.5 Å². The number of hydrogen-bond acceptors (Lipinski definition) is 5. The van der Waals surface area contributed by atoms with Crippen LogP contribution >= 0.6 is 0 Å². The summed E-state index contributed by atoms with van der Waals surface area (Å²) in [5, 5.41) is 46.4. The summed E-state index contributed by atoms with van der Waals surface area (Å²) >= 11 is 0. The molecule has 5 heteroatoms. The second-order valence-corrected chi connectivity index (χ2v) is 3.61. The van der Waals surface area contributed by atoms with Crippen molar-refractivity contribution in [3.8, 4) is 0 Å². The van der Waals surface area contributed by atoms with Crippen LogP contribution in [-0.2, 0) is 0 Å². The van der Waals surface area contributed by atoms with Crippen molar-refractivity contribution in [2.75, 3.05) is 0 Å². The second kappa shape index (κ2) is 2.40. The molecule has 70 valence electrons. The van der Waals surface area contributed by atoms with E-state index in [4.69, 9.17) is 0 Å². The maximum Gasteiger partial charge on any atom is 0.0882 e. The van der Waals surface area contributed by atoms with E-state index in [9.17, 15) is 25.5 Å². The molecule has 0 aromatic heterocycles. The Hall–Kier alpha value is -0.200. The van der Waals surface area contributed by atoms with Gasteiger partial charge in [-0.1, -0.05) is 0 Å². The molecular formula is C7H12O5. The molecule has 5 N–H and O–H groups in total. The van der Waals surface area contributed by atoms with Crippen molar-refractivity contribution in [3.63, 3.8) is 0 Å². The van der Waals surface area contributed by atoms with Gasteiger partial charge in [-0.2, -0.15) is 0 Å². The van der Waals surface area contributed by atoms with E-state index >= 15 is 0 Å². The van der Waals surface area contributed by atoms with Gasteiger partial charge in [0.1, 0.15) is 0 Å². The molecule has 0 heterocycles. The molecule has 12 heavy (non-hydrogen) atoms. The molecule has 1 unspecified atom stereocenters. The van der Waals surface area contributed by atoms with E-state index in [0.717, 1.165) is 0 Å². The van der Waals surface area contributed by atoms with Gasteiger partial charge in [-0.3, -0.25) is 0 Å². The Labute approximate surface area is 68.9 Å². The molecule has 0 saturated heterocycles. The van der Waals surface area contributed by atoms with Crippen molar-refractivity contribution < 1.29 is 25.5 Å². The topological polar surface area (TPSA) is 101 Å². The summed E-state index contributed by atoms with van der Waals surface area (Å²) < 4.78 is 0. The summed E-state index contributed by atoms with van der Waals surface area (Å²) in [6.45, 7) is 0.